The maximum absolute atomic E-state index is 11.4. The standard InChI is InChI=1S/2C29H33.C4H7F3Si.2ClH.Zr/c2*1-2-4-19-7-9-23(10-8-19)27-6-3-5-24-12-22(18-29(24)27)17-28-25-13-20-11-21(15-25)16-26(28)14-20;1-8-3-2-4(5,6)7;;;/h2*3,5-10,12,18,20-21,25-26,28H,2,4,11,13-17H2,1H3;2-3H2,1H3;2*1H;/q2*-1;;;;+2/p-2. The molecule has 0 atom stereocenters. The molecule has 0 amide bonds. The van der Waals surface area contributed by atoms with Gasteiger partial charge in [0.1, 0.15) is 0 Å². The Kier molecular flexibility index (Phi) is 17.8. The van der Waals surface area contributed by atoms with Crippen LogP contribution in [0.4, 0.5) is 13.2 Å². The first-order valence-corrected chi connectivity index (χ1v) is 32.5. The smallest absolute Gasteiger partial charge is 1.00 e. The van der Waals surface area contributed by atoms with E-state index in [4.69, 9.17) is 0 Å². The topological polar surface area (TPSA) is 0 Å². The minimum atomic E-state index is -3.93. The molecule has 8 bridgehead atoms. The van der Waals surface area contributed by atoms with Gasteiger partial charge in [-0.1, -0.05) is 98.5 Å². The van der Waals surface area contributed by atoms with Gasteiger partial charge in [0.25, 0.3) is 0 Å². The molecule has 6 aromatic rings. The molecule has 6 aromatic carbocycles. The van der Waals surface area contributed by atoms with Crippen LogP contribution in [-0.2, 0) is 49.0 Å². The number of halogens is 5. The summed E-state index contributed by atoms with van der Waals surface area (Å²) in [5, 5.41) is 5.77. The van der Waals surface area contributed by atoms with Crippen molar-refractivity contribution in [3.8, 4) is 22.3 Å². The molecule has 14 rings (SSSR count). The SMILES string of the molecule is CCCc1ccc(-c2cccc3[cH-]c(CC4C5CC6CC(C5)CC4C6)cc23)cc1.CCCc1ccc(-c2cccc3[cH-]c(CC4C5CC6CC(C5)CC4C6)cc23)cc1.C[Si](=[Zr+2])CCC(F)(F)F.[Cl-].[Cl-]. The largest absolute Gasteiger partial charge is 1.00 e. The second-order valence-electron chi connectivity index (χ2n) is 22.7. The zero-order valence-corrected chi connectivity index (χ0v) is 46.3. The van der Waals surface area contributed by atoms with Crippen LogP contribution in [-0.4, -0.2) is 11.6 Å². The van der Waals surface area contributed by atoms with E-state index in [1.165, 1.54) is 168 Å². The molecule has 0 saturated heterocycles. The van der Waals surface area contributed by atoms with Gasteiger partial charge in [-0.2, -0.15) is 12.1 Å². The van der Waals surface area contributed by atoms with E-state index >= 15 is 0 Å². The van der Waals surface area contributed by atoms with Gasteiger partial charge in [0, 0.05) is 0 Å². The third kappa shape index (κ3) is 12.5. The van der Waals surface area contributed by atoms with E-state index in [1.54, 1.807) is 24.0 Å². The average molecular weight is 1070 g/mol. The third-order valence-corrected chi connectivity index (χ3v) is 20.6. The quantitative estimate of drug-likeness (QED) is 0.0846. The molecule has 0 aliphatic heterocycles. The molecule has 0 radical (unpaired) electrons. The van der Waals surface area contributed by atoms with Gasteiger partial charge in [0.05, 0.1) is 0 Å². The summed E-state index contributed by atoms with van der Waals surface area (Å²) in [6.07, 6.45) is 18.3. The van der Waals surface area contributed by atoms with Crippen molar-refractivity contribution in [2.45, 2.75) is 142 Å². The van der Waals surface area contributed by atoms with Gasteiger partial charge in [-0.3, -0.25) is 0 Å². The first kappa shape index (κ1) is 52.9. The van der Waals surface area contributed by atoms with Crippen LogP contribution in [0.1, 0.15) is 120 Å². The second-order valence-corrected chi connectivity index (χ2v) is 31.1. The number of fused-ring (bicyclic) bond motifs is 2. The Balaban J connectivity index is 0.000000155. The molecule has 8 saturated carbocycles. The maximum Gasteiger partial charge on any atom is -1.00 e. The van der Waals surface area contributed by atoms with Crippen molar-refractivity contribution in [2.24, 2.45) is 59.2 Å². The molecule has 8 fully saturated rings. The van der Waals surface area contributed by atoms with Gasteiger partial charge in [0.2, 0.25) is 0 Å². The first-order valence-electron chi connectivity index (χ1n) is 26.6. The van der Waals surface area contributed by atoms with Crippen LogP contribution in [0.5, 0.6) is 0 Å². The Morgan fingerprint density at radius 1 is 0.536 bits per heavy atom. The molecule has 8 aliphatic carbocycles. The van der Waals surface area contributed by atoms with Gasteiger partial charge < -0.3 is 24.8 Å². The summed E-state index contributed by atoms with van der Waals surface area (Å²) in [4.78, 5) is 0. The normalized spacial score (nSPS) is 27.0. The van der Waals surface area contributed by atoms with E-state index < -0.39 is 18.0 Å². The molecule has 366 valence electrons. The summed E-state index contributed by atoms with van der Waals surface area (Å²) >= 11 is 1.29. The van der Waals surface area contributed by atoms with Crippen LogP contribution in [0.15, 0.2) is 109 Å². The van der Waals surface area contributed by atoms with Crippen LogP contribution in [0.25, 0.3) is 43.8 Å². The predicted molar refractivity (Wildman–Crippen MR) is 274 cm³/mol. The van der Waals surface area contributed by atoms with Crippen molar-refractivity contribution >= 4 is 27.0 Å². The van der Waals surface area contributed by atoms with Crippen molar-refractivity contribution in [1.29, 1.82) is 0 Å². The molecule has 69 heavy (non-hydrogen) atoms. The Bertz CT molecular complexity index is 2400. The molecule has 0 spiro atoms. The minimum absolute atomic E-state index is 0. The fourth-order valence-corrected chi connectivity index (χ4v) is 16.8. The third-order valence-electron chi connectivity index (χ3n) is 17.8. The molecule has 0 heterocycles. The summed E-state index contributed by atoms with van der Waals surface area (Å²) in [7, 11) is 0. The van der Waals surface area contributed by atoms with Crippen molar-refractivity contribution in [3.05, 3.63) is 131 Å². The zero-order chi connectivity index (χ0) is 46.2. The van der Waals surface area contributed by atoms with Crippen molar-refractivity contribution in [2.75, 3.05) is 0 Å². The minimum Gasteiger partial charge on any atom is -1.00 e. The van der Waals surface area contributed by atoms with Crippen molar-refractivity contribution < 1.29 is 61.3 Å². The van der Waals surface area contributed by atoms with E-state index in [2.05, 4.69) is 123 Å². The molecule has 0 aromatic heterocycles. The number of alkyl halides is 3. The Morgan fingerprint density at radius 3 is 1.20 bits per heavy atom. The molecule has 0 nitrogen and oxygen atoms in total. The van der Waals surface area contributed by atoms with E-state index in [0.717, 1.165) is 59.2 Å². The number of benzene rings is 4. The monoisotopic (exact) mass is 1060 g/mol. The number of aryl methyl sites for hydroxylation is 2. The fraction of sp³-hybridized carbons (Fsp3) is 0.516. The number of hydrogen-bond donors (Lipinski definition) is 0. The predicted octanol–water partition coefficient (Wildman–Crippen LogP) is 11.7. The van der Waals surface area contributed by atoms with Crippen LogP contribution in [0.2, 0.25) is 12.6 Å². The molecule has 8 aliphatic rings. The summed E-state index contributed by atoms with van der Waals surface area (Å²) in [5.41, 5.74) is 11.0. The van der Waals surface area contributed by atoms with Crippen LogP contribution in [0.3, 0.4) is 0 Å². The summed E-state index contributed by atoms with van der Waals surface area (Å²) in [6, 6.07) is 42.7. The summed E-state index contributed by atoms with van der Waals surface area (Å²) in [5.74, 6) is 10.3. The Hall–Kier alpha value is -2.43. The molecule has 7 heteroatoms. The van der Waals surface area contributed by atoms with Crippen molar-refractivity contribution in [1.82, 2.24) is 0 Å². The maximum atomic E-state index is 11.4. The van der Waals surface area contributed by atoms with E-state index in [9.17, 15) is 13.2 Å². The molecule has 0 unspecified atom stereocenters. The van der Waals surface area contributed by atoms with Gasteiger partial charge >= 0.3 is 67.1 Å². The second kappa shape index (κ2) is 23.2. The zero-order valence-electron chi connectivity index (χ0n) is 41.3. The van der Waals surface area contributed by atoms with Crippen LogP contribution < -0.4 is 24.8 Å². The first-order chi connectivity index (χ1) is 32.4. The summed E-state index contributed by atoms with van der Waals surface area (Å²) in [6.45, 7) is 6.43. The van der Waals surface area contributed by atoms with E-state index in [-0.39, 0.29) is 24.8 Å². The van der Waals surface area contributed by atoms with Crippen LogP contribution in [0, 0.1) is 59.2 Å². The summed E-state index contributed by atoms with van der Waals surface area (Å²) < 4.78 is 34.3. The van der Waals surface area contributed by atoms with Gasteiger partial charge in [-0.15, -0.1) is 69.1 Å². The molecular formula is C62H73Cl2F3SiZr-2. The van der Waals surface area contributed by atoms with Crippen molar-refractivity contribution in [3.63, 3.8) is 0 Å². The van der Waals surface area contributed by atoms with E-state index in [0.29, 0.717) is 6.04 Å². The van der Waals surface area contributed by atoms with Gasteiger partial charge in [0.15, 0.2) is 0 Å². The number of rotatable bonds is 12. The Labute approximate surface area is 439 Å². The average Bonchev–Trinajstić information content (AvgIpc) is 3.92. The fourth-order valence-electron chi connectivity index (χ4n) is 15.2. The molecule has 0 N–H and O–H groups in total. The molecular weight excluding hydrogens is 992 g/mol. The number of hydrogen-bond acceptors (Lipinski definition) is 0. The van der Waals surface area contributed by atoms with Gasteiger partial charge in [-0.05, 0) is 171 Å². The van der Waals surface area contributed by atoms with E-state index in [1.807, 2.05) is 6.55 Å². The Morgan fingerprint density at radius 2 is 0.899 bits per heavy atom. The van der Waals surface area contributed by atoms with Gasteiger partial charge in [-0.25, -0.2) is 0 Å². The van der Waals surface area contributed by atoms with Crippen LogP contribution >= 0.6 is 0 Å².